The Bertz CT molecular complexity index is 567. The fourth-order valence-corrected chi connectivity index (χ4v) is 3.24. The Kier molecular flexibility index (Phi) is 2.20. The van der Waals surface area contributed by atoms with Gasteiger partial charge in [0.2, 0.25) is 6.29 Å². The third-order valence-electron chi connectivity index (χ3n) is 4.21. The summed E-state index contributed by atoms with van der Waals surface area (Å²) in [5.74, 6) is -1.26. The quantitative estimate of drug-likeness (QED) is 0.751. The number of rotatable bonds is 2. The number of hydrogen-bond acceptors (Lipinski definition) is 4. The first-order chi connectivity index (χ1) is 9.16. The van der Waals surface area contributed by atoms with Gasteiger partial charge >= 0.3 is 0 Å². The standard InChI is InChI=1S/C14H11FO4/c15-7-3-1-6(2-4-7)12(16)10-9-8-5-18-14(19-8)13(17)11(9)10/h1-4,8-11,14H,5H2/t8-,9-,10+,11-,14+/m1/s1. The Hall–Kier alpha value is -1.59. The fraction of sp³-hybridized carbons (Fsp3) is 0.429. The van der Waals surface area contributed by atoms with Crippen LogP contribution in [-0.4, -0.2) is 30.6 Å². The lowest BCUT2D eigenvalue weighted by Gasteiger charge is -2.14. The molecule has 5 heteroatoms. The van der Waals surface area contributed by atoms with E-state index in [1.807, 2.05) is 0 Å². The van der Waals surface area contributed by atoms with Crippen molar-refractivity contribution in [1.82, 2.24) is 0 Å². The maximum atomic E-state index is 12.8. The molecule has 4 rings (SSSR count). The van der Waals surface area contributed by atoms with E-state index in [9.17, 15) is 14.0 Å². The first-order valence-corrected chi connectivity index (χ1v) is 6.27. The van der Waals surface area contributed by atoms with Crippen molar-refractivity contribution < 1.29 is 23.5 Å². The van der Waals surface area contributed by atoms with E-state index in [-0.39, 0.29) is 41.2 Å². The molecule has 2 heterocycles. The summed E-state index contributed by atoms with van der Waals surface area (Å²) < 4.78 is 23.5. The molecular weight excluding hydrogens is 251 g/mol. The second kappa shape index (κ2) is 3.71. The maximum absolute atomic E-state index is 12.8. The monoisotopic (exact) mass is 262 g/mol. The van der Waals surface area contributed by atoms with Crippen molar-refractivity contribution in [2.75, 3.05) is 6.61 Å². The van der Waals surface area contributed by atoms with Crippen LogP contribution in [0.1, 0.15) is 10.4 Å². The summed E-state index contributed by atoms with van der Waals surface area (Å²) in [5, 5.41) is 0. The van der Waals surface area contributed by atoms with Crippen LogP contribution in [0.5, 0.6) is 0 Å². The maximum Gasteiger partial charge on any atom is 0.218 e. The molecule has 0 N–H and O–H groups in total. The molecule has 0 aromatic heterocycles. The van der Waals surface area contributed by atoms with E-state index in [0.717, 1.165) is 0 Å². The minimum atomic E-state index is -0.780. The Morgan fingerprint density at radius 1 is 1.26 bits per heavy atom. The van der Waals surface area contributed by atoms with Crippen molar-refractivity contribution in [3.63, 3.8) is 0 Å². The SMILES string of the molecule is O=C(c1ccc(F)cc1)[C@@H]1[C@@H]2C(=O)[C@H]3OC[C@@H](O3)[C@H]12. The third kappa shape index (κ3) is 1.52. The van der Waals surface area contributed by atoms with Gasteiger partial charge in [-0.1, -0.05) is 0 Å². The zero-order valence-electron chi connectivity index (χ0n) is 9.91. The number of ether oxygens (including phenoxy) is 2. The van der Waals surface area contributed by atoms with Crippen molar-refractivity contribution in [2.45, 2.75) is 12.4 Å². The molecule has 1 aliphatic carbocycles. The number of ketones is 2. The molecule has 0 unspecified atom stereocenters. The molecule has 2 bridgehead atoms. The van der Waals surface area contributed by atoms with Gasteiger partial charge in [-0.3, -0.25) is 9.59 Å². The van der Waals surface area contributed by atoms with Gasteiger partial charge in [-0.2, -0.15) is 0 Å². The fourth-order valence-electron chi connectivity index (χ4n) is 3.24. The van der Waals surface area contributed by atoms with Gasteiger partial charge in [-0.05, 0) is 24.3 Å². The molecule has 4 nitrogen and oxygen atoms in total. The summed E-state index contributed by atoms with van der Waals surface area (Å²) in [6.07, 6.45) is -0.931. The van der Waals surface area contributed by atoms with Crippen LogP contribution in [0.25, 0.3) is 0 Å². The lowest BCUT2D eigenvalue weighted by Crippen LogP contribution is -2.30. The number of hydrogen-bond donors (Lipinski definition) is 0. The Morgan fingerprint density at radius 2 is 2.00 bits per heavy atom. The number of benzene rings is 1. The molecule has 0 spiro atoms. The number of Topliss-reactive ketones (excluding diaryl/α,β-unsaturated/α-hetero) is 2. The first-order valence-electron chi connectivity index (χ1n) is 6.27. The van der Waals surface area contributed by atoms with Crippen LogP contribution >= 0.6 is 0 Å². The summed E-state index contributed by atoms with van der Waals surface area (Å²) in [7, 11) is 0. The van der Waals surface area contributed by atoms with Crippen molar-refractivity contribution in [2.24, 2.45) is 17.8 Å². The minimum Gasteiger partial charge on any atom is -0.343 e. The van der Waals surface area contributed by atoms with Crippen LogP contribution in [0.3, 0.4) is 0 Å². The lowest BCUT2D eigenvalue weighted by molar-refractivity contribution is -0.153. The molecule has 2 saturated heterocycles. The molecule has 0 radical (unpaired) electrons. The predicted molar refractivity (Wildman–Crippen MR) is 60.8 cm³/mol. The van der Waals surface area contributed by atoms with Crippen LogP contribution in [-0.2, 0) is 14.3 Å². The number of fused-ring (bicyclic) bond motifs is 4. The van der Waals surface area contributed by atoms with Crippen LogP contribution in [0.2, 0.25) is 0 Å². The van der Waals surface area contributed by atoms with Crippen LogP contribution in [0.15, 0.2) is 24.3 Å². The molecule has 1 aromatic rings. The van der Waals surface area contributed by atoms with Gasteiger partial charge in [0.25, 0.3) is 0 Å². The average Bonchev–Trinajstić information content (AvgIpc) is 3.02. The topological polar surface area (TPSA) is 52.6 Å². The molecule has 2 aliphatic heterocycles. The van der Waals surface area contributed by atoms with Gasteiger partial charge in [-0.15, -0.1) is 0 Å². The summed E-state index contributed by atoms with van der Waals surface area (Å²) in [5.41, 5.74) is 0.449. The molecular formula is C14H11FO4. The van der Waals surface area contributed by atoms with Crippen LogP contribution in [0, 0.1) is 23.6 Å². The van der Waals surface area contributed by atoms with Gasteiger partial charge in [0.1, 0.15) is 5.82 Å². The highest BCUT2D eigenvalue weighted by Crippen LogP contribution is 2.57. The molecule has 98 valence electrons. The predicted octanol–water partition coefficient (Wildman–Crippen LogP) is 1.19. The number of halogens is 1. The van der Waals surface area contributed by atoms with Gasteiger partial charge in [0, 0.05) is 23.3 Å². The summed E-state index contributed by atoms with van der Waals surface area (Å²) >= 11 is 0. The molecule has 3 aliphatic rings. The van der Waals surface area contributed by atoms with E-state index >= 15 is 0 Å². The third-order valence-corrected chi connectivity index (χ3v) is 4.21. The highest BCUT2D eigenvalue weighted by molar-refractivity contribution is 6.05. The highest BCUT2D eigenvalue weighted by atomic mass is 19.1. The van der Waals surface area contributed by atoms with E-state index in [4.69, 9.17) is 9.47 Å². The van der Waals surface area contributed by atoms with Gasteiger partial charge < -0.3 is 9.47 Å². The lowest BCUT2D eigenvalue weighted by atomic mass is 10.0. The van der Waals surface area contributed by atoms with Crippen molar-refractivity contribution in [1.29, 1.82) is 0 Å². The summed E-state index contributed by atoms with van der Waals surface area (Å²) in [6, 6.07) is 5.43. The van der Waals surface area contributed by atoms with Gasteiger partial charge in [-0.25, -0.2) is 4.39 Å². The molecule has 1 saturated carbocycles. The van der Waals surface area contributed by atoms with E-state index < -0.39 is 6.29 Å². The summed E-state index contributed by atoms with van der Waals surface area (Å²) in [4.78, 5) is 24.3. The van der Waals surface area contributed by atoms with Gasteiger partial charge in [0.05, 0.1) is 12.7 Å². The van der Waals surface area contributed by atoms with Gasteiger partial charge in [0.15, 0.2) is 11.6 Å². The highest BCUT2D eigenvalue weighted by Gasteiger charge is 2.68. The Morgan fingerprint density at radius 3 is 2.74 bits per heavy atom. The molecule has 1 aromatic carbocycles. The van der Waals surface area contributed by atoms with Crippen molar-refractivity contribution >= 4 is 11.6 Å². The minimum absolute atomic E-state index is 0.0659. The first kappa shape index (κ1) is 11.3. The zero-order valence-corrected chi connectivity index (χ0v) is 9.91. The van der Waals surface area contributed by atoms with Crippen LogP contribution in [0.4, 0.5) is 4.39 Å². The largest absolute Gasteiger partial charge is 0.343 e. The van der Waals surface area contributed by atoms with E-state index in [2.05, 4.69) is 0 Å². The molecule has 3 fully saturated rings. The summed E-state index contributed by atoms with van der Waals surface area (Å²) in [6.45, 7) is 0.380. The smallest absolute Gasteiger partial charge is 0.218 e. The van der Waals surface area contributed by atoms with Crippen molar-refractivity contribution in [3.8, 4) is 0 Å². The van der Waals surface area contributed by atoms with E-state index in [0.29, 0.717) is 12.2 Å². The second-order valence-electron chi connectivity index (χ2n) is 5.24. The van der Waals surface area contributed by atoms with E-state index in [1.54, 1.807) is 0 Å². The number of carbonyl (C=O) groups excluding carboxylic acids is 2. The molecule has 5 atom stereocenters. The number of carbonyl (C=O) groups is 2. The Labute approximate surface area is 108 Å². The molecule has 0 amide bonds. The van der Waals surface area contributed by atoms with Crippen molar-refractivity contribution in [3.05, 3.63) is 35.6 Å². The molecule has 19 heavy (non-hydrogen) atoms. The van der Waals surface area contributed by atoms with E-state index in [1.165, 1.54) is 24.3 Å². The van der Waals surface area contributed by atoms with Crippen LogP contribution < -0.4 is 0 Å². The normalized spacial score (nSPS) is 39.0. The Balaban J connectivity index is 1.60. The average molecular weight is 262 g/mol. The second-order valence-corrected chi connectivity index (χ2v) is 5.24. The zero-order chi connectivity index (χ0) is 13.1.